The van der Waals surface area contributed by atoms with Crippen LogP contribution in [0.2, 0.25) is 0 Å². The Morgan fingerprint density at radius 1 is 1.00 bits per heavy atom. The van der Waals surface area contributed by atoms with Gasteiger partial charge in [-0.15, -0.1) is 0 Å². The Hall–Kier alpha value is -2.44. The van der Waals surface area contributed by atoms with E-state index in [4.69, 9.17) is 0 Å². The van der Waals surface area contributed by atoms with Gasteiger partial charge in [-0.2, -0.15) is 0 Å². The quantitative estimate of drug-likeness (QED) is 0.912. The summed E-state index contributed by atoms with van der Waals surface area (Å²) in [5.41, 5.74) is -0.242. The molecule has 0 aliphatic carbocycles. The highest BCUT2D eigenvalue weighted by Crippen LogP contribution is 2.13. The molecule has 1 N–H and O–H groups in total. The summed E-state index contributed by atoms with van der Waals surface area (Å²) in [6.45, 7) is 0.102. The third-order valence-electron chi connectivity index (χ3n) is 2.96. The van der Waals surface area contributed by atoms with E-state index in [-0.39, 0.29) is 12.2 Å². The SMILES string of the molecule is Cn1c(CNc2cc(F)cc(F)c2)cc(=O)n(C)c1=O. The first-order valence-electron chi connectivity index (χ1n) is 5.84. The molecule has 5 nitrogen and oxygen atoms in total. The Morgan fingerprint density at radius 2 is 1.60 bits per heavy atom. The van der Waals surface area contributed by atoms with Gasteiger partial charge in [0.1, 0.15) is 11.6 Å². The van der Waals surface area contributed by atoms with Crippen LogP contribution in [-0.2, 0) is 20.6 Å². The van der Waals surface area contributed by atoms with Gasteiger partial charge in [-0.1, -0.05) is 0 Å². The van der Waals surface area contributed by atoms with Crippen LogP contribution in [0.1, 0.15) is 5.69 Å². The molecular formula is C13H13F2N3O2. The number of rotatable bonds is 3. The molecular weight excluding hydrogens is 268 g/mol. The van der Waals surface area contributed by atoms with Crippen molar-refractivity contribution in [3.05, 3.63) is 62.4 Å². The summed E-state index contributed by atoms with van der Waals surface area (Å²) in [6, 6.07) is 4.31. The molecule has 1 aromatic carbocycles. The van der Waals surface area contributed by atoms with Gasteiger partial charge in [-0.05, 0) is 12.1 Å². The van der Waals surface area contributed by atoms with Gasteiger partial charge < -0.3 is 5.32 Å². The van der Waals surface area contributed by atoms with Gasteiger partial charge in [-0.25, -0.2) is 13.6 Å². The van der Waals surface area contributed by atoms with Crippen molar-refractivity contribution in [1.29, 1.82) is 0 Å². The predicted molar refractivity (Wildman–Crippen MR) is 70.6 cm³/mol. The summed E-state index contributed by atoms with van der Waals surface area (Å²) in [5.74, 6) is -1.41. The van der Waals surface area contributed by atoms with Crippen LogP contribution in [0.3, 0.4) is 0 Å². The maximum Gasteiger partial charge on any atom is 0.330 e. The number of hydrogen-bond donors (Lipinski definition) is 1. The van der Waals surface area contributed by atoms with E-state index in [1.807, 2.05) is 0 Å². The zero-order chi connectivity index (χ0) is 14.9. The number of nitrogens with one attached hydrogen (secondary N) is 1. The Labute approximate surface area is 113 Å². The molecule has 2 rings (SSSR count). The van der Waals surface area contributed by atoms with E-state index in [2.05, 4.69) is 5.32 Å². The van der Waals surface area contributed by atoms with E-state index < -0.39 is 22.9 Å². The summed E-state index contributed by atoms with van der Waals surface area (Å²) in [7, 11) is 2.90. The lowest BCUT2D eigenvalue weighted by atomic mass is 10.3. The zero-order valence-electron chi connectivity index (χ0n) is 11.0. The maximum absolute atomic E-state index is 13.0. The summed E-state index contributed by atoms with van der Waals surface area (Å²) >= 11 is 0. The van der Waals surface area contributed by atoms with Gasteiger partial charge >= 0.3 is 5.69 Å². The molecule has 0 spiro atoms. The second kappa shape index (κ2) is 5.28. The number of anilines is 1. The van der Waals surface area contributed by atoms with E-state index >= 15 is 0 Å². The summed E-state index contributed by atoms with van der Waals surface area (Å²) < 4.78 is 28.3. The third kappa shape index (κ3) is 2.76. The Balaban J connectivity index is 2.28. The van der Waals surface area contributed by atoms with Crippen LogP contribution < -0.4 is 16.6 Å². The molecule has 0 saturated carbocycles. The molecule has 0 bridgehead atoms. The van der Waals surface area contributed by atoms with Crippen LogP contribution in [0, 0.1) is 11.6 Å². The average Bonchev–Trinajstić information content (AvgIpc) is 2.38. The topological polar surface area (TPSA) is 56.0 Å². The van der Waals surface area contributed by atoms with Crippen molar-refractivity contribution >= 4 is 5.69 Å². The highest BCUT2D eigenvalue weighted by Gasteiger charge is 2.06. The van der Waals surface area contributed by atoms with Gasteiger partial charge in [0.15, 0.2) is 0 Å². The minimum absolute atomic E-state index is 0.102. The second-order valence-electron chi connectivity index (χ2n) is 4.39. The number of benzene rings is 1. The van der Waals surface area contributed by atoms with Crippen LogP contribution in [0.5, 0.6) is 0 Å². The van der Waals surface area contributed by atoms with Gasteiger partial charge in [0.25, 0.3) is 5.56 Å². The Kier molecular flexibility index (Phi) is 3.69. The van der Waals surface area contributed by atoms with E-state index in [0.29, 0.717) is 5.69 Å². The van der Waals surface area contributed by atoms with Crippen LogP contribution >= 0.6 is 0 Å². The molecule has 106 valence electrons. The molecule has 0 saturated heterocycles. The van der Waals surface area contributed by atoms with Crippen molar-refractivity contribution in [2.45, 2.75) is 6.54 Å². The summed E-state index contributed by atoms with van der Waals surface area (Å²) in [5, 5.41) is 2.77. The fourth-order valence-electron chi connectivity index (χ4n) is 1.80. The monoisotopic (exact) mass is 281 g/mol. The summed E-state index contributed by atoms with van der Waals surface area (Å²) in [4.78, 5) is 23.2. The summed E-state index contributed by atoms with van der Waals surface area (Å²) in [6.07, 6.45) is 0. The maximum atomic E-state index is 13.0. The lowest BCUT2D eigenvalue weighted by Crippen LogP contribution is -2.38. The normalized spacial score (nSPS) is 10.6. The molecule has 0 radical (unpaired) electrons. The Bertz CT molecular complexity index is 745. The van der Waals surface area contributed by atoms with Crippen molar-refractivity contribution in [2.24, 2.45) is 14.1 Å². The van der Waals surface area contributed by atoms with Gasteiger partial charge in [0.2, 0.25) is 0 Å². The fourth-order valence-corrected chi connectivity index (χ4v) is 1.80. The molecule has 0 aliphatic rings. The Morgan fingerprint density at radius 3 is 2.20 bits per heavy atom. The van der Waals surface area contributed by atoms with Crippen molar-refractivity contribution < 1.29 is 8.78 Å². The number of nitrogens with zero attached hydrogens (tertiary/aromatic N) is 2. The highest BCUT2D eigenvalue weighted by atomic mass is 19.1. The number of halogens is 2. The van der Waals surface area contributed by atoms with E-state index in [9.17, 15) is 18.4 Å². The molecule has 1 heterocycles. The molecule has 0 unspecified atom stereocenters. The van der Waals surface area contributed by atoms with E-state index in [0.717, 1.165) is 22.8 Å². The first-order valence-corrected chi connectivity index (χ1v) is 5.84. The van der Waals surface area contributed by atoms with Crippen LogP contribution in [0.4, 0.5) is 14.5 Å². The minimum atomic E-state index is -0.703. The lowest BCUT2D eigenvalue weighted by molar-refractivity contribution is 0.584. The molecule has 20 heavy (non-hydrogen) atoms. The van der Waals surface area contributed by atoms with Crippen LogP contribution in [0.15, 0.2) is 33.9 Å². The molecule has 0 atom stereocenters. The molecule has 0 fully saturated rings. The van der Waals surface area contributed by atoms with Crippen molar-refractivity contribution in [2.75, 3.05) is 5.32 Å². The van der Waals surface area contributed by atoms with E-state index in [1.54, 1.807) is 0 Å². The first kappa shape index (κ1) is 14.0. The largest absolute Gasteiger partial charge is 0.379 e. The molecule has 2 aromatic rings. The number of hydrogen-bond acceptors (Lipinski definition) is 3. The van der Waals surface area contributed by atoms with Gasteiger partial charge in [0, 0.05) is 37.6 Å². The standard InChI is InChI=1S/C13H13F2N3O2/c1-17-11(6-12(19)18(2)13(17)20)7-16-10-4-8(14)3-9(15)5-10/h3-6,16H,7H2,1-2H3. The molecule has 1 aromatic heterocycles. The number of aromatic nitrogens is 2. The van der Waals surface area contributed by atoms with Crippen LogP contribution in [-0.4, -0.2) is 9.13 Å². The van der Waals surface area contributed by atoms with Crippen molar-refractivity contribution in [3.63, 3.8) is 0 Å². The van der Waals surface area contributed by atoms with Crippen LogP contribution in [0.25, 0.3) is 0 Å². The fraction of sp³-hybridized carbons (Fsp3) is 0.231. The second-order valence-corrected chi connectivity index (χ2v) is 4.39. The minimum Gasteiger partial charge on any atom is -0.379 e. The van der Waals surface area contributed by atoms with Gasteiger partial charge in [-0.3, -0.25) is 13.9 Å². The molecule has 0 aliphatic heterocycles. The first-order chi connectivity index (χ1) is 9.38. The smallest absolute Gasteiger partial charge is 0.330 e. The van der Waals surface area contributed by atoms with E-state index in [1.165, 1.54) is 24.7 Å². The van der Waals surface area contributed by atoms with Gasteiger partial charge in [0.05, 0.1) is 6.54 Å². The molecule has 0 amide bonds. The predicted octanol–water partition coefficient (Wildman–Crippen LogP) is 0.974. The van der Waals surface area contributed by atoms with Crippen molar-refractivity contribution in [3.8, 4) is 0 Å². The van der Waals surface area contributed by atoms with Crippen molar-refractivity contribution in [1.82, 2.24) is 9.13 Å². The average molecular weight is 281 g/mol. The third-order valence-corrected chi connectivity index (χ3v) is 2.96. The highest BCUT2D eigenvalue weighted by molar-refractivity contribution is 5.43. The molecule has 7 heteroatoms. The zero-order valence-corrected chi connectivity index (χ0v) is 11.0. The lowest BCUT2D eigenvalue weighted by Gasteiger charge is -2.11.